The van der Waals surface area contributed by atoms with Gasteiger partial charge in [-0.15, -0.1) is 11.3 Å². The number of fused-ring (bicyclic) bond motifs is 1. The average molecular weight is 418 g/mol. The quantitative estimate of drug-likeness (QED) is 0.589. The van der Waals surface area contributed by atoms with Crippen LogP contribution in [0.25, 0.3) is 10.2 Å². The molecule has 0 fully saturated rings. The maximum absolute atomic E-state index is 13.0. The summed E-state index contributed by atoms with van der Waals surface area (Å²) in [4.78, 5) is 49.9. The van der Waals surface area contributed by atoms with E-state index in [-0.39, 0.29) is 23.4 Å². The van der Waals surface area contributed by atoms with Gasteiger partial charge in [0.2, 0.25) is 0 Å². The molecule has 0 aliphatic carbocycles. The average Bonchev–Trinajstić information content (AvgIpc) is 3.04. The summed E-state index contributed by atoms with van der Waals surface area (Å²) >= 11 is 0.990. The van der Waals surface area contributed by atoms with E-state index in [1.807, 2.05) is 0 Å². The molecule has 0 unspecified atom stereocenters. The summed E-state index contributed by atoms with van der Waals surface area (Å²) in [5, 5.41) is 9.29. The minimum atomic E-state index is -1.32. The highest BCUT2D eigenvalue weighted by molar-refractivity contribution is 7.20. The van der Waals surface area contributed by atoms with Gasteiger partial charge in [-0.25, -0.2) is 14.2 Å². The fourth-order valence-electron chi connectivity index (χ4n) is 3.09. The number of aryl methyl sites for hydroxylation is 3. The van der Waals surface area contributed by atoms with Gasteiger partial charge in [-0.1, -0.05) is 30.3 Å². The minimum Gasteiger partial charge on any atom is -0.480 e. The topological polar surface area (TPSA) is 108 Å². The van der Waals surface area contributed by atoms with Crippen LogP contribution in [0.2, 0.25) is 0 Å². The molecule has 9 heteroatoms. The predicted molar refractivity (Wildman–Crippen MR) is 109 cm³/mol. The van der Waals surface area contributed by atoms with E-state index in [4.69, 9.17) is 11.2 Å². The molecule has 1 aromatic carbocycles. The van der Waals surface area contributed by atoms with Gasteiger partial charge in [0, 0.05) is 6.54 Å². The Morgan fingerprint density at radius 3 is 2.55 bits per heavy atom. The number of carbonyl (C=O) groups is 2. The van der Waals surface area contributed by atoms with Gasteiger partial charge in [-0.05, 0) is 31.4 Å². The highest BCUT2D eigenvalue weighted by atomic mass is 32.1. The zero-order chi connectivity index (χ0) is 22.0. The molecule has 29 heavy (non-hydrogen) atoms. The van der Waals surface area contributed by atoms with Crippen LogP contribution in [0.4, 0.5) is 0 Å². The Labute approximate surface area is 171 Å². The molecule has 0 bridgehead atoms. The second-order valence-electron chi connectivity index (χ2n) is 6.33. The number of hydrogen-bond acceptors (Lipinski definition) is 6. The molecule has 8 nitrogen and oxygen atoms in total. The van der Waals surface area contributed by atoms with Crippen molar-refractivity contribution in [2.45, 2.75) is 33.4 Å². The molecule has 0 radical (unpaired) electrons. The number of carbonyl (C=O) groups excluding carboxylic acids is 1. The Kier molecular flexibility index (Phi) is 5.57. The van der Waals surface area contributed by atoms with E-state index < -0.39 is 29.7 Å². The third kappa shape index (κ3) is 4.00. The monoisotopic (exact) mass is 418 g/mol. The van der Waals surface area contributed by atoms with E-state index in [9.17, 15) is 19.2 Å². The minimum absolute atomic E-state index is 0.144. The number of nitrogens with zero attached hydrogens (tertiary/aromatic N) is 2. The first-order valence-corrected chi connectivity index (χ1v) is 9.77. The van der Waals surface area contributed by atoms with Crippen molar-refractivity contribution in [1.29, 1.82) is 0 Å². The van der Waals surface area contributed by atoms with Gasteiger partial charge in [0.05, 0.1) is 13.4 Å². The molecule has 0 atom stereocenters. The summed E-state index contributed by atoms with van der Waals surface area (Å²) in [6.07, 6.45) is 0.423. The van der Waals surface area contributed by atoms with E-state index in [0.29, 0.717) is 27.4 Å². The summed E-state index contributed by atoms with van der Waals surface area (Å²) in [6, 6.07) is 7.16. The van der Waals surface area contributed by atoms with Gasteiger partial charge in [-0.2, -0.15) is 0 Å². The third-order valence-corrected chi connectivity index (χ3v) is 5.75. The second-order valence-corrected chi connectivity index (χ2v) is 7.33. The Bertz CT molecular complexity index is 1240. The molecule has 0 aliphatic rings. The van der Waals surface area contributed by atoms with Crippen molar-refractivity contribution in [2.75, 3.05) is 6.61 Å². The first-order valence-electron chi connectivity index (χ1n) is 9.45. The van der Waals surface area contributed by atoms with Crippen molar-refractivity contribution in [1.82, 2.24) is 9.13 Å². The van der Waals surface area contributed by atoms with Crippen molar-refractivity contribution in [2.24, 2.45) is 0 Å². The fraction of sp³-hybridized carbons (Fsp3) is 0.300. The van der Waals surface area contributed by atoms with Crippen molar-refractivity contribution in [3.05, 3.63) is 67.2 Å². The second kappa shape index (κ2) is 8.44. The molecule has 152 valence electrons. The molecular weight excluding hydrogens is 396 g/mol. The lowest BCUT2D eigenvalue weighted by molar-refractivity contribution is -0.137. The fourth-order valence-corrected chi connectivity index (χ4v) is 4.30. The van der Waals surface area contributed by atoms with Crippen LogP contribution in [0.3, 0.4) is 0 Å². The molecular formula is C20H20N2O6S. The van der Waals surface area contributed by atoms with Crippen LogP contribution < -0.4 is 11.2 Å². The number of thiophene rings is 1. The molecule has 3 aromatic rings. The van der Waals surface area contributed by atoms with Crippen LogP contribution in [-0.2, 0) is 29.0 Å². The lowest BCUT2D eigenvalue weighted by Gasteiger charge is -2.11. The first kappa shape index (κ1) is 19.1. The Morgan fingerprint density at radius 1 is 1.24 bits per heavy atom. The number of ether oxygens (including phenoxy) is 1. The molecule has 0 saturated heterocycles. The lowest BCUT2D eigenvalue weighted by Crippen LogP contribution is -2.41. The van der Waals surface area contributed by atoms with Gasteiger partial charge < -0.3 is 9.84 Å². The summed E-state index contributed by atoms with van der Waals surface area (Å²) in [7, 11) is 0. The van der Waals surface area contributed by atoms with Crippen LogP contribution in [0.15, 0.2) is 39.9 Å². The summed E-state index contributed by atoms with van der Waals surface area (Å²) in [5.41, 5.74) is -0.244. The molecule has 2 heterocycles. The number of rotatable bonds is 7. The van der Waals surface area contributed by atoms with E-state index in [2.05, 4.69) is 0 Å². The van der Waals surface area contributed by atoms with Gasteiger partial charge in [0.15, 0.2) is 0 Å². The SMILES string of the molecule is [3H]c1ccc(CCn2c(=O)n(CC(=O)O)c(=O)c3c(C)c(C(=O)OCC)sc32)cc1. The highest BCUT2D eigenvalue weighted by Gasteiger charge is 2.24. The molecule has 3 rings (SSSR count). The van der Waals surface area contributed by atoms with Gasteiger partial charge >= 0.3 is 17.6 Å². The van der Waals surface area contributed by atoms with Gasteiger partial charge in [0.1, 0.15) is 16.3 Å². The lowest BCUT2D eigenvalue weighted by atomic mass is 10.1. The molecule has 2 aromatic heterocycles. The standard InChI is InChI=1S/C20H20N2O6S/c1-3-28-19(26)16-12(2)15-17(25)22(11-14(23)24)20(27)21(18(15)29-16)10-9-13-7-5-4-6-8-13/h4-8H,3,9-11H2,1-2H3,(H,23,24)/i4T. The van der Waals surface area contributed by atoms with E-state index in [1.54, 1.807) is 38.1 Å². The number of esters is 1. The van der Waals surface area contributed by atoms with Crippen LogP contribution in [0, 0.1) is 6.92 Å². The number of carboxylic acids is 1. The van der Waals surface area contributed by atoms with E-state index >= 15 is 0 Å². The summed E-state index contributed by atoms with van der Waals surface area (Å²) < 4.78 is 14.6. The van der Waals surface area contributed by atoms with Gasteiger partial charge in [0.25, 0.3) is 5.56 Å². The highest BCUT2D eigenvalue weighted by Crippen LogP contribution is 2.28. The number of benzene rings is 1. The van der Waals surface area contributed by atoms with Gasteiger partial charge in [-0.3, -0.25) is 14.2 Å². The number of hydrogen-bond donors (Lipinski definition) is 1. The smallest absolute Gasteiger partial charge is 0.348 e. The summed E-state index contributed by atoms with van der Waals surface area (Å²) in [5.74, 6) is -1.91. The van der Waals surface area contributed by atoms with Crippen molar-refractivity contribution in [3.8, 4) is 0 Å². The first-order chi connectivity index (χ1) is 14.2. The number of aliphatic carboxylic acids is 1. The van der Waals surface area contributed by atoms with Crippen LogP contribution in [0.1, 0.15) is 29.1 Å². The maximum atomic E-state index is 13.0. The van der Waals surface area contributed by atoms with Crippen LogP contribution in [-0.4, -0.2) is 32.8 Å². The number of carboxylic acid groups (broad SMARTS) is 1. The molecule has 0 saturated carbocycles. The van der Waals surface area contributed by atoms with Crippen molar-refractivity contribution < 1.29 is 20.8 Å². The largest absolute Gasteiger partial charge is 0.480 e. The third-order valence-electron chi connectivity index (χ3n) is 4.46. The molecule has 0 aliphatic heterocycles. The van der Waals surface area contributed by atoms with Crippen LogP contribution in [0.5, 0.6) is 0 Å². The maximum Gasteiger partial charge on any atom is 0.348 e. The summed E-state index contributed by atoms with van der Waals surface area (Å²) in [6.45, 7) is 2.81. The molecule has 0 amide bonds. The van der Waals surface area contributed by atoms with E-state index in [0.717, 1.165) is 16.9 Å². The van der Waals surface area contributed by atoms with E-state index in [1.165, 1.54) is 4.57 Å². The molecule has 0 spiro atoms. The predicted octanol–water partition coefficient (Wildman–Crippen LogP) is 2.04. The number of aromatic nitrogens is 2. The molecule has 1 N–H and O–H groups in total. The zero-order valence-electron chi connectivity index (χ0n) is 16.9. The Morgan fingerprint density at radius 2 is 1.93 bits per heavy atom. The van der Waals surface area contributed by atoms with Crippen molar-refractivity contribution >= 4 is 33.5 Å². The Balaban J connectivity index is 2.19. The van der Waals surface area contributed by atoms with Crippen LogP contribution >= 0.6 is 11.3 Å². The zero-order valence-corrected chi connectivity index (χ0v) is 16.7. The normalized spacial score (nSPS) is 11.4. The Hall–Kier alpha value is -3.20. The van der Waals surface area contributed by atoms with Crippen molar-refractivity contribution in [3.63, 3.8) is 0 Å².